The summed E-state index contributed by atoms with van der Waals surface area (Å²) in [6.07, 6.45) is 2.35. The van der Waals surface area contributed by atoms with Crippen molar-refractivity contribution < 1.29 is 24.5 Å². The van der Waals surface area contributed by atoms with Crippen LogP contribution in [0.15, 0.2) is 29.2 Å². The fraction of sp³-hybridized carbons (Fsp3) is 0.308. The van der Waals surface area contributed by atoms with Gasteiger partial charge in [-0.05, 0) is 64.8 Å². The highest BCUT2D eigenvalue weighted by Gasteiger charge is 2.45. The average Bonchev–Trinajstić information content (AvgIpc) is 3.51. The smallest absolute Gasteiger partial charge is 0.343 e. The Morgan fingerprint density at radius 1 is 1.27 bits per heavy atom. The molecule has 0 fully saturated rings. The summed E-state index contributed by atoms with van der Waals surface area (Å²) < 4.78 is 7.58. The minimum absolute atomic E-state index is 0.0596. The maximum absolute atomic E-state index is 13.6. The summed E-state index contributed by atoms with van der Waals surface area (Å²) in [5.41, 5.74) is 9.38. The minimum atomic E-state index is -1.91. The highest BCUT2D eigenvalue weighted by molar-refractivity contribution is 14.1. The van der Waals surface area contributed by atoms with E-state index in [2.05, 4.69) is 22.6 Å². The van der Waals surface area contributed by atoms with Crippen LogP contribution < -0.4 is 11.3 Å². The number of nitrogens with two attached hydrogens (primary N) is 1. The normalized spacial score (nSPS) is 19.9. The third kappa shape index (κ3) is 3.37. The number of hydrogen-bond acceptors (Lipinski definition) is 8. The van der Waals surface area contributed by atoms with E-state index in [-0.39, 0.29) is 36.3 Å². The Morgan fingerprint density at radius 2 is 2.05 bits per heavy atom. The molecule has 0 bridgehead atoms. The van der Waals surface area contributed by atoms with Crippen LogP contribution in [0.5, 0.6) is 0 Å². The van der Waals surface area contributed by atoms with Crippen LogP contribution in [0.3, 0.4) is 0 Å². The Morgan fingerprint density at radius 3 is 2.78 bits per heavy atom. The molecule has 10 nitrogen and oxygen atoms in total. The van der Waals surface area contributed by atoms with Crippen molar-refractivity contribution in [1.29, 1.82) is 0 Å². The van der Waals surface area contributed by atoms with Gasteiger partial charge in [-0.25, -0.2) is 9.78 Å². The van der Waals surface area contributed by atoms with E-state index in [0.717, 1.165) is 25.7 Å². The number of anilines is 1. The number of halogens is 1. The van der Waals surface area contributed by atoms with Gasteiger partial charge in [0.15, 0.2) is 5.60 Å². The third-order valence-electron chi connectivity index (χ3n) is 7.52. The number of aromatic nitrogens is 2. The van der Waals surface area contributed by atoms with Gasteiger partial charge in [-0.3, -0.25) is 9.59 Å². The van der Waals surface area contributed by atoms with Crippen molar-refractivity contribution in [2.45, 2.75) is 38.5 Å². The summed E-state index contributed by atoms with van der Waals surface area (Å²) >= 11 is 2.14. The molecule has 1 atom stereocenters. The van der Waals surface area contributed by atoms with Gasteiger partial charge in [0.05, 0.1) is 29.0 Å². The van der Waals surface area contributed by atoms with E-state index in [1.165, 1.54) is 4.90 Å². The van der Waals surface area contributed by atoms with Gasteiger partial charge < -0.3 is 30.2 Å². The van der Waals surface area contributed by atoms with Gasteiger partial charge in [-0.2, -0.15) is 0 Å². The molecule has 0 unspecified atom stereocenters. The zero-order valence-corrected chi connectivity index (χ0v) is 22.0. The standard InChI is InChI=1S/C26H23IN4O6/c1-2-26(36)16-6-20-23-14(9-31(20)24(34)15(16)11-37-25(26)35)22(12-3-4-30(8-12)21(33)10-32)13-5-18(28)17(27)7-19(13)29-23/h5-8,32,36H,2-4,9-11,28H2,1H3/t26-/m0/s1. The monoisotopic (exact) mass is 614 g/mol. The van der Waals surface area contributed by atoms with E-state index >= 15 is 0 Å². The minimum Gasteiger partial charge on any atom is -0.458 e. The summed E-state index contributed by atoms with van der Waals surface area (Å²) in [6.45, 7) is 1.53. The van der Waals surface area contributed by atoms with E-state index in [4.69, 9.17) is 15.5 Å². The molecular weight excluding hydrogens is 591 g/mol. The summed E-state index contributed by atoms with van der Waals surface area (Å²) in [4.78, 5) is 44.7. The molecule has 1 amide bonds. The second kappa shape index (κ2) is 8.36. The number of nitrogen functional groups attached to an aromatic ring is 1. The predicted octanol–water partition coefficient (Wildman–Crippen LogP) is 1.83. The molecule has 4 N–H and O–H groups in total. The summed E-state index contributed by atoms with van der Waals surface area (Å²) in [6, 6.07) is 5.41. The van der Waals surface area contributed by atoms with E-state index in [0.29, 0.717) is 35.6 Å². The number of amides is 1. The van der Waals surface area contributed by atoms with Crippen LogP contribution in [-0.2, 0) is 33.1 Å². The first-order valence-corrected chi connectivity index (χ1v) is 13.0. The Kier molecular flexibility index (Phi) is 5.44. The number of hydrogen-bond donors (Lipinski definition) is 3. The lowest BCUT2D eigenvalue weighted by molar-refractivity contribution is -0.172. The number of benzene rings is 1. The molecule has 3 aliphatic rings. The first-order valence-electron chi connectivity index (χ1n) is 11.9. The number of rotatable bonds is 3. The molecule has 190 valence electrons. The number of pyridine rings is 2. The van der Waals surface area contributed by atoms with Crippen molar-refractivity contribution in [2.24, 2.45) is 0 Å². The zero-order chi connectivity index (χ0) is 26.2. The quantitative estimate of drug-likeness (QED) is 0.180. The predicted molar refractivity (Wildman–Crippen MR) is 143 cm³/mol. The van der Waals surface area contributed by atoms with Crippen LogP contribution in [0, 0.1) is 3.57 Å². The molecule has 37 heavy (non-hydrogen) atoms. The number of aliphatic hydroxyl groups excluding tert-OH is 1. The van der Waals surface area contributed by atoms with Crippen molar-refractivity contribution in [2.75, 3.05) is 18.9 Å². The second-order valence-electron chi connectivity index (χ2n) is 9.46. The molecule has 6 rings (SSSR count). The van der Waals surface area contributed by atoms with E-state index in [1.54, 1.807) is 23.8 Å². The van der Waals surface area contributed by atoms with Crippen molar-refractivity contribution in [3.63, 3.8) is 0 Å². The number of carbonyl (C=O) groups is 2. The molecule has 5 heterocycles. The summed E-state index contributed by atoms with van der Waals surface area (Å²) in [5, 5.41) is 21.3. The van der Waals surface area contributed by atoms with Crippen LogP contribution in [0.25, 0.3) is 27.9 Å². The van der Waals surface area contributed by atoms with Gasteiger partial charge in [0.2, 0.25) is 0 Å². The number of cyclic esters (lactones) is 1. The van der Waals surface area contributed by atoms with Crippen LogP contribution in [0.4, 0.5) is 5.69 Å². The number of ether oxygens (including phenoxy) is 1. The van der Waals surface area contributed by atoms with Crippen LogP contribution >= 0.6 is 22.6 Å². The first-order chi connectivity index (χ1) is 17.7. The van der Waals surface area contributed by atoms with E-state index in [9.17, 15) is 24.6 Å². The largest absolute Gasteiger partial charge is 0.458 e. The van der Waals surface area contributed by atoms with Gasteiger partial charge >= 0.3 is 5.97 Å². The van der Waals surface area contributed by atoms with Crippen LogP contribution in [-0.4, -0.2) is 49.7 Å². The molecule has 2 aromatic heterocycles. The molecule has 11 heteroatoms. The van der Waals surface area contributed by atoms with Crippen LogP contribution in [0.1, 0.15) is 42.0 Å². The molecule has 3 aromatic rings. The SMILES string of the molecule is CC[C@@]1(O)C(=O)OCc2c1cc1n(c2=O)Cc2c-1nc1cc(I)c(N)cc1c2C1=CN(C(=O)CO)CC1. The number of fused-ring (bicyclic) bond motifs is 5. The highest BCUT2D eigenvalue weighted by atomic mass is 127. The number of esters is 1. The Balaban J connectivity index is 1.64. The number of aliphatic hydroxyl groups is 2. The summed E-state index contributed by atoms with van der Waals surface area (Å²) in [7, 11) is 0. The number of carbonyl (C=O) groups excluding carboxylic acids is 2. The zero-order valence-electron chi connectivity index (χ0n) is 19.9. The first kappa shape index (κ1) is 24.1. The molecule has 0 spiro atoms. The Bertz CT molecular complexity index is 1640. The molecule has 0 saturated carbocycles. The van der Waals surface area contributed by atoms with Crippen LogP contribution in [0.2, 0.25) is 0 Å². The van der Waals surface area contributed by atoms with Crippen molar-refractivity contribution >= 4 is 56.6 Å². The molecule has 0 aliphatic carbocycles. The average molecular weight is 614 g/mol. The molecule has 3 aliphatic heterocycles. The molecule has 0 saturated heterocycles. The second-order valence-corrected chi connectivity index (χ2v) is 10.6. The topological polar surface area (TPSA) is 148 Å². The Hall–Kier alpha value is -3.29. The van der Waals surface area contributed by atoms with Crippen molar-refractivity contribution in [3.05, 3.63) is 60.6 Å². The third-order valence-corrected chi connectivity index (χ3v) is 8.45. The highest BCUT2D eigenvalue weighted by Crippen LogP contribution is 2.44. The van der Waals surface area contributed by atoms with E-state index < -0.39 is 24.1 Å². The van der Waals surface area contributed by atoms with Gasteiger partial charge in [0, 0.05) is 38.5 Å². The molecule has 1 aromatic carbocycles. The molecule has 0 radical (unpaired) electrons. The fourth-order valence-electron chi connectivity index (χ4n) is 5.52. The fourth-order valence-corrected chi connectivity index (χ4v) is 5.97. The maximum atomic E-state index is 13.6. The van der Waals surface area contributed by atoms with Crippen molar-refractivity contribution in [3.8, 4) is 11.4 Å². The Labute approximate surface area is 224 Å². The lowest BCUT2D eigenvalue weighted by atomic mass is 9.86. The van der Waals surface area contributed by atoms with Crippen molar-refractivity contribution in [1.82, 2.24) is 14.5 Å². The lowest BCUT2D eigenvalue weighted by Crippen LogP contribution is -2.44. The number of nitrogens with zero attached hydrogens (tertiary/aromatic N) is 3. The van der Waals surface area contributed by atoms with Gasteiger partial charge in [-0.1, -0.05) is 6.92 Å². The van der Waals surface area contributed by atoms with E-state index in [1.807, 2.05) is 12.1 Å². The maximum Gasteiger partial charge on any atom is 0.343 e. The van der Waals surface area contributed by atoms with Gasteiger partial charge in [0.25, 0.3) is 11.5 Å². The summed E-state index contributed by atoms with van der Waals surface area (Å²) in [5.74, 6) is -1.17. The van der Waals surface area contributed by atoms with Gasteiger partial charge in [-0.15, -0.1) is 0 Å². The molecular formula is C26H23IN4O6. The lowest BCUT2D eigenvalue weighted by Gasteiger charge is -2.31. The van der Waals surface area contributed by atoms with Gasteiger partial charge in [0.1, 0.15) is 13.2 Å².